The van der Waals surface area contributed by atoms with Gasteiger partial charge in [0.1, 0.15) is 0 Å². The van der Waals surface area contributed by atoms with Crippen LogP contribution in [0.2, 0.25) is 5.02 Å². The van der Waals surface area contributed by atoms with Gasteiger partial charge < -0.3 is 15.1 Å². The van der Waals surface area contributed by atoms with Gasteiger partial charge in [-0.1, -0.05) is 42.6 Å². The number of unbranched alkanes of at least 4 members (excludes halogenated alkanes) is 3. The van der Waals surface area contributed by atoms with Gasteiger partial charge in [0.05, 0.1) is 6.10 Å². The number of benzene rings is 1. The fourth-order valence-corrected chi connectivity index (χ4v) is 3.93. The molecule has 1 amide bonds. The third-order valence-corrected chi connectivity index (χ3v) is 5.61. The molecule has 0 radical (unpaired) electrons. The molecule has 27 heavy (non-hydrogen) atoms. The first-order valence-corrected chi connectivity index (χ1v) is 10.3. The monoisotopic (exact) mass is 395 g/mol. The molecule has 0 saturated carbocycles. The highest BCUT2D eigenvalue weighted by molar-refractivity contribution is 6.31. The van der Waals surface area contributed by atoms with Gasteiger partial charge in [-0.05, 0) is 50.2 Å². The second-order valence-electron chi connectivity index (χ2n) is 7.36. The number of likely N-dealkylation sites (tertiary alicyclic amines) is 1. The van der Waals surface area contributed by atoms with Crippen LogP contribution in [0.4, 0.5) is 0 Å². The number of aliphatic hydroxyl groups is 1. The summed E-state index contributed by atoms with van der Waals surface area (Å²) < 4.78 is 0. The highest BCUT2D eigenvalue weighted by atomic mass is 35.5. The molecule has 2 rings (SSSR count). The van der Waals surface area contributed by atoms with E-state index in [1.807, 2.05) is 29.2 Å². The van der Waals surface area contributed by atoms with Crippen molar-refractivity contribution in [1.29, 1.82) is 0 Å². The third-order valence-electron chi connectivity index (χ3n) is 5.24. The maximum Gasteiger partial charge on any atom is 0.303 e. The Kier molecular flexibility index (Phi) is 9.08. The molecule has 5 nitrogen and oxygen atoms in total. The lowest BCUT2D eigenvalue weighted by Crippen LogP contribution is -2.34. The van der Waals surface area contributed by atoms with Crippen LogP contribution in [0.15, 0.2) is 24.3 Å². The quantitative estimate of drug-likeness (QED) is 0.523. The van der Waals surface area contributed by atoms with E-state index in [1.165, 1.54) is 0 Å². The predicted octanol–water partition coefficient (Wildman–Crippen LogP) is 4.05. The van der Waals surface area contributed by atoms with E-state index in [9.17, 15) is 14.7 Å². The van der Waals surface area contributed by atoms with Crippen LogP contribution >= 0.6 is 11.6 Å². The van der Waals surface area contributed by atoms with Crippen molar-refractivity contribution in [2.45, 2.75) is 76.4 Å². The zero-order chi connectivity index (χ0) is 19.6. The zero-order valence-electron chi connectivity index (χ0n) is 15.8. The first kappa shape index (κ1) is 21.7. The van der Waals surface area contributed by atoms with Crippen molar-refractivity contribution in [3.05, 3.63) is 34.9 Å². The first-order chi connectivity index (χ1) is 13.0. The maximum absolute atomic E-state index is 12.1. The topological polar surface area (TPSA) is 77.8 Å². The Hall–Kier alpha value is -1.59. The van der Waals surface area contributed by atoms with E-state index >= 15 is 0 Å². The normalized spacial score (nSPS) is 18.1. The number of halogens is 1. The molecule has 1 aliphatic rings. The van der Waals surface area contributed by atoms with Gasteiger partial charge >= 0.3 is 5.97 Å². The van der Waals surface area contributed by atoms with Crippen molar-refractivity contribution >= 4 is 23.5 Å². The molecule has 1 aliphatic heterocycles. The van der Waals surface area contributed by atoms with Crippen molar-refractivity contribution in [1.82, 2.24) is 4.90 Å². The van der Waals surface area contributed by atoms with E-state index in [2.05, 4.69) is 0 Å². The van der Waals surface area contributed by atoms with Crippen molar-refractivity contribution in [2.24, 2.45) is 0 Å². The van der Waals surface area contributed by atoms with Crippen LogP contribution in [0.5, 0.6) is 0 Å². The van der Waals surface area contributed by atoms with Gasteiger partial charge in [-0.15, -0.1) is 0 Å². The van der Waals surface area contributed by atoms with Gasteiger partial charge in [0, 0.05) is 30.5 Å². The largest absolute Gasteiger partial charge is 0.481 e. The summed E-state index contributed by atoms with van der Waals surface area (Å²) in [6.45, 7) is 0.733. The number of aliphatic hydroxyl groups excluding tert-OH is 1. The Bertz CT molecular complexity index is 622. The van der Waals surface area contributed by atoms with Gasteiger partial charge in [-0.25, -0.2) is 0 Å². The summed E-state index contributed by atoms with van der Waals surface area (Å²) in [6, 6.07) is 7.76. The zero-order valence-corrected chi connectivity index (χ0v) is 16.5. The van der Waals surface area contributed by atoms with Crippen molar-refractivity contribution in [2.75, 3.05) is 6.54 Å². The molecule has 0 aromatic heterocycles. The third kappa shape index (κ3) is 7.51. The molecule has 1 fully saturated rings. The second-order valence-corrected chi connectivity index (χ2v) is 7.77. The lowest BCUT2D eigenvalue weighted by atomic mass is 10.0. The predicted molar refractivity (Wildman–Crippen MR) is 106 cm³/mol. The number of carbonyl (C=O) groups is 2. The lowest BCUT2D eigenvalue weighted by Gasteiger charge is -2.26. The smallest absolute Gasteiger partial charge is 0.303 e. The summed E-state index contributed by atoms with van der Waals surface area (Å²) >= 11 is 6.15. The number of rotatable bonds is 12. The highest BCUT2D eigenvalue weighted by Gasteiger charge is 2.30. The number of hydrogen-bond acceptors (Lipinski definition) is 3. The molecule has 1 aromatic rings. The maximum atomic E-state index is 12.1. The van der Waals surface area contributed by atoms with Gasteiger partial charge in [-0.2, -0.15) is 0 Å². The molecule has 1 saturated heterocycles. The molecule has 0 unspecified atom stereocenters. The molecule has 6 heteroatoms. The minimum absolute atomic E-state index is 0.200. The Morgan fingerprint density at radius 1 is 1.22 bits per heavy atom. The standard InChI is InChI=1S/C21H30ClNO4/c22-19-8-5-4-7-16(19)15-18(24)12-10-17-11-13-20(25)23(17)14-6-2-1-3-9-21(26)27/h4-5,7-8,17-18,24H,1-3,6,9-15H2,(H,26,27)/t17-,18+/m0/s1. The Morgan fingerprint density at radius 3 is 2.70 bits per heavy atom. The number of aliphatic carboxylic acids is 1. The Morgan fingerprint density at radius 2 is 1.96 bits per heavy atom. The van der Waals surface area contributed by atoms with E-state index in [0.29, 0.717) is 30.7 Å². The number of nitrogens with zero attached hydrogens (tertiary/aromatic N) is 1. The van der Waals surface area contributed by atoms with Gasteiger partial charge in [0.15, 0.2) is 0 Å². The van der Waals surface area contributed by atoms with E-state index in [1.54, 1.807) is 0 Å². The number of hydrogen-bond donors (Lipinski definition) is 2. The SMILES string of the molecule is O=C(O)CCCCCCN1C(=O)CC[C@@H]1CC[C@@H](O)Cc1ccccc1Cl. The molecule has 2 N–H and O–H groups in total. The summed E-state index contributed by atoms with van der Waals surface area (Å²) in [4.78, 5) is 24.6. The molecular formula is C21H30ClNO4. The fourth-order valence-electron chi connectivity index (χ4n) is 3.72. The average Bonchev–Trinajstić information content (AvgIpc) is 2.98. The summed E-state index contributed by atoms with van der Waals surface area (Å²) in [5.41, 5.74) is 0.951. The van der Waals surface area contributed by atoms with Crippen molar-refractivity contribution in [3.63, 3.8) is 0 Å². The molecule has 0 spiro atoms. The summed E-state index contributed by atoms with van der Waals surface area (Å²) in [5.74, 6) is -0.550. The first-order valence-electron chi connectivity index (χ1n) is 9.90. The van der Waals surface area contributed by atoms with Crippen LogP contribution in [0, 0.1) is 0 Å². The molecular weight excluding hydrogens is 366 g/mol. The van der Waals surface area contributed by atoms with E-state index in [-0.39, 0.29) is 18.4 Å². The highest BCUT2D eigenvalue weighted by Crippen LogP contribution is 2.25. The van der Waals surface area contributed by atoms with Crippen LogP contribution in [0.25, 0.3) is 0 Å². The average molecular weight is 396 g/mol. The minimum Gasteiger partial charge on any atom is -0.481 e. The summed E-state index contributed by atoms with van der Waals surface area (Å²) in [7, 11) is 0. The minimum atomic E-state index is -0.750. The molecule has 1 aromatic carbocycles. The van der Waals surface area contributed by atoms with Crippen LogP contribution < -0.4 is 0 Å². The van der Waals surface area contributed by atoms with Crippen LogP contribution in [-0.2, 0) is 16.0 Å². The van der Waals surface area contributed by atoms with Crippen molar-refractivity contribution in [3.8, 4) is 0 Å². The number of carbonyl (C=O) groups excluding carboxylic acids is 1. The molecule has 2 atom stereocenters. The number of carboxylic acids is 1. The molecule has 0 bridgehead atoms. The number of amides is 1. The van der Waals surface area contributed by atoms with Crippen LogP contribution in [-0.4, -0.2) is 45.7 Å². The number of carboxylic acid groups (broad SMARTS) is 1. The van der Waals surface area contributed by atoms with Gasteiger partial charge in [0.25, 0.3) is 0 Å². The summed E-state index contributed by atoms with van der Waals surface area (Å²) in [5, 5.41) is 19.7. The lowest BCUT2D eigenvalue weighted by molar-refractivity contribution is -0.137. The molecule has 1 heterocycles. The van der Waals surface area contributed by atoms with Crippen LogP contribution in [0.1, 0.15) is 63.4 Å². The molecule has 150 valence electrons. The van der Waals surface area contributed by atoms with E-state index in [4.69, 9.17) is 16.7 Å². The van der Waals surface area contributed by atoms with Crippen molar-refractivity contribution < 1.29 is 19.8 Å². The summed E-state index contributed by atoms with van der Waals surface area (Å²) in [6.07, 6.45) is 6.62. The molecule has 0 aliphatic carbocycles. The Balaban J connectivity index is 1.70. The van der Waals surface area contributed by atoms with E-state index < -0.39 is 12.1 Å². The van der Waals surface area contributed by atoms with Crippen LogP contribution in [0.3, 0.4) is 0 Å². The van der Waals surface area contributed by atoms with Gasteiger partial charge in [0.2, 0.25) is 5.91 Å². The van der Waals surface area contributed by atoms with Gasteiger partial charge in [-0.3, -0.25) is 9.59 Å². The second kappa shape index (κ2) is 11.3. The fraction of sp³-hybridized carbons (Fsp3) is 0.619. The van der Waals surface area contributed by atoms with E-state index in [0.717, 1.165) is 44.2 Å². The Labute approximate surface area is 166 Å².